The van der Waals surface area contributed by atoms with Crippen molar-refractivity contribution in [3.63, 3.8) is 0 Å². The van der Waals surface area contributed by atoms with Crippen LogP contribution in [0, 0.1) is 0 Å². The minimum Gasteiger partial charge on any atom is -0.379 e. The molecule has 0 radical (unpaired) electrons. The SMILES string of the molecule is Cn1nc(C(=O)NCCN2CCOCC2)cc1-c1ccc2c(ccn2C)c1. The van der Waals surface area contributed by atoms with E-state index in [1.807, 2.05) is 26.4 Å². The van der Waals surface area contributed by atoms with E-state index in [1.54, 1.807) is 4.68 Å². The molecule has 142 valence electrons. The highest BCUT2D eigenvalue weighted by atomic mass is 16.5. The van der Waals surface area contributed by atoms with Gasteiger partial charge in [-0.25, -0.2) is 0 Å². The Morgan fingerprint density at radius 3 is 2.81 bits per heavy atom. The number of morpholine rings is 1. The largest absolute Gasteiger partial charge is 0.379 e. The van der Waals surface area contributed by atoms with E-state index in [1.165, 1.54) is 10.9 Å². The molecule has 7 nitrogen and oxygen atoms in total. The van der Waals surface area contributed by atoms with E-state index in [9.17, 15) is 4.79 Å². The minimum atomic E-state index is -0.133. The van der Waals surface area contributed by atoms with Crippen LogP contribution >= 0.6 is 0 Å². The Morgan fingerprint density at radius 2 is 2.00 bits per heavy atom. The van der Waals surface area contributed by atoms with Crippen molar-refractivity contribution in [1.82, 2.24) is 24.6 Å². The first-order chi connectivity index (χ1) is 13.1. The first-order valence-corrected chi connectivity index (χ1v) is 9.29. The molecular weight excluding hydrogens is 342 g/mol. The summed E-state index contributed by atoms with van der Waals surface area (Å²) in [6, 6.07) is 10.2. The standard InChI is InChI=1S/C20H25N5O2/c1-23-7-5-16-13-15(3-4-18(16)23)19-14-17(22-24(19)2)20(26)21-6-8-25-9-11-27-12-10-25/h3-5,7,13-14H,6,8-12H2,1-2H3,(H,21,26). The average molecular weight is 367 g/mol. The van der Waals surface area contributed by atoms with Crippen LogP contribution in [0.3, 0.4) is 0 Å². The summed E-state index contributed by atoms with van der Waals surface area (Å²) in [5.74, 6) is -0.133. The van der Waals surface area contributed by atoms with Gasteiger partial charge in [-0.05, 0) is 24.3 Å². The van der Waals surface area contributed by atoms with Crippen LogP contribution in [0.5, 0.6) is 0 Å². The van der Waals surface area contributed by atoms with Crippen molar-refractivity contribution in [2.45, 2.75) is 0 Å². The number of aryl methyl sites for hydroxylation is 2. The predicted molar refractivity (Wildman–Crippen MR) is 105 cm³/mol. The fourth-order valence-corrected chi connectivity index (χ4v) is 3.53. The number of carbonyl (C=O) groups is 1. The molecule has 0 aliphatic carbocycles. The van der Waals surface area contributed by atoms with Crippen LogP contribution in [0.4, 0.5) is 0 Å². The van der Waals surface area contributed by atoms with Gasteiger partial charge in [-0.1, -0.05) is 6.07 Å². The monoisotopic (exact) mass is 367 g/mol. The quantitative estimate of drug-likeness (QED) is 0.745. The number of rotatable bonds is 5. The number of hydrogen-bond acceptors (Lipinski definition) is 4. The molecule has 1 aliphatic heterocycles. The third-order valence-electron chi connectivity index (χ3n) is 5.11. The number of nitrogens with zero attached hydrogens (tertiary/aromatic N) is 4. The number of carbonyl (C=O) groups excluding carboxylic acids is 1. The molecule has 3 aromatic rings. The Morgan fingerprint density at radius 1 is 1.19 bits per heavy atom. The van der Waals surface area contributed by atoms with E-state index in [-0.39, 0.29) is 5.91 Å². The third-order valence-corrected chi connectivity index (χ3v) is 5.11. The third kappa shape index (κ3) is 3.74. The van der Waals surface area contributed by atoms with E-state index in [0.29, 0.717) is 12.2 Å². The molecule has 2 aromatic heterocycles. The molecule has 0 bridgehead atoms. The van der Waals surface area contributed by atoms with Crippen molar-refractivity contribution in [2.24, 2.45) is 14.1 Å². The summed E-state index contributed by atoms with van der Waals surface area (Å²) in [7, 11) is 3.90. The molecule has 1 N–H and O–H groups in total. The second-order valence-electron chi connectivity index (χ2n) is 6.95. The zero-order valence-electron chi connectivity index (χ0n) is 15.8. The van der Waals surface area contributed by atoms with Crippen molar-refractivity contribution in [3.8, 4) is 11.3 Å². The molecule has 1 saturated heterocycles. The van der Waals surface area contributed by atoms with Crippen molar-refractivity contribution in [1.29, 1.82) is 0 Å². The Labute approximate surface area is 158 Å². The average Bonchev–Trinajstić information content (AvgIpc) is 3.25. The summed E-state index contributed by atoms with van der Waals surface area (Å²) in [6.07, 6.45) is 2.05. The van der Waals surface area contributed by atoms with Crippen LogP contribution < -0.4 is 5.32 Å². The second-order valence-corrected chi connectivity index (χ2v) is 6.95. The van der Waals surface area contributed by atoms with Crippen LogP contribution in [0.15, 0.2) is 36.5 Å². The number of benzene rings is 1. The Bertz CT molecular complexity index is 953. The van der Waals surface area contributed by atoms with Crippen molar-refractivity contribution < 1.29 is 9.53 Å². The fourth-order valence-electron chi connectivity index (χ4n) is 3.53. The molecule has 0 spiro atoms. The molecule has 3 heterocycles. The molecule has 1 aromatic carbocycles. The van der Waals surface area contributed by atoms with Crippen molar-refractivity contribution >= 4 is 16.8 Å². The normalized spacial score (nSPS) is 15.3. The van der Waals surface area contributed by atoms with Gasteiger partial charge in [0.25, 0.3) is 5.91 Å². The second kappa shape index (κ2) is 7.54. The van der Waals surface area contributed by atoms with Gasteiger partial charge >= 0.3 is 0 Å². The fraction of sp³-hybridized carbons (Fsp3) is 0.400. The molecule has 1 fully saturated rings. The highest BCUT2D eigenvalue weighted by Crippen LogP contribution is 2.25. The number of hydrogen-bond donors (Lipinski definition) is 1. The summed E-state index contributed by atoms with van der Waals surface area (Å²) >= 11 is 0. The Hall–Kier alpha value is -2.64. The van der Waals surface area contributed by atoms with Gasteiger partial charge in [0.15, 0.2) is 5.69 Å². The van der Waals surface area contributed by atoms with Crippen molar-refractivity contribution in [3.05, 3.63) is 42.2 Å². The van der Waals surface area contributed by atoms with Crippen LogP contribution in [-0.4, -0.2) is 64.5 Å². The predicted octanol–water partition coefficient (Wildman–Crippen LogP) is 1.64. The lowest BCUT2D eigenvalue weighted by molar-refractivity contribution is 0.0383. The van der Waals surface area contributed by atoms with E-state index >= 15 is 0 Å². The Balaban J connectivity index is 1.44. The zero-order chi connectivity index (χ0) is 18.8. The van der Waals surface area contributed by atoms with Gasteiger partial charge in [0.2, 0.25) is 0 Å². The van der Waals surface area contributed by atoms with Crippen LogP contribution in [0.1, 0.15) is 10.5 Å². The molecule has 0 atom stereocenters. The van der Waals surface area contributed by atoms with E-state index in [4.69, 9.17) is 4.74 Å². The molecule has 27 heavy (non-hydrogen) atoms. The Kier molecular flexibility index (Phi) is 4.96. The molecule has 0 unspecified atom stereocenters. The highest BCUT2D eigenvalue weighted by molar-refractivity contribution is 5.94. The summed E-state index contributed by atoms with van der Waals surface area (Å²) in [5, 5.41) is 8.55. The van der Waals surface area contributed by atoms with Gasteiger partial charge in [0.1, 0.15) is 0 Å². The van der Waals surface area contributed by atoms with E-state index in [0.717, 1.165) is 44.1 Å². The number of amides is 1. The molecule has 4 rings (SSSR count). The van der Waals surface area contributed by atoms with Crippen LogP contribution in [-0.2, 0) is 18.8 Å². The zero-order valence-corrected chi connectivity index (χ0v) is 15.8. The van der Waals surface area contributed by atoms with Gasteiger partial charge in [-0.3, -0.25) is 14.4 Å². The summed E-state index contributed by atoms with van der Waals surface area (Å²) in [5.41, 5.74) is 3.61. The molecule has 1 aliphatic rings. The smallest absolute Gasteiger partial charge is 0.271 e. The molecule has 0 saturated carbocycles. The van der Waals surface area contributed by atoms with Gasteiger partial charge in [-0.15, -0.1) is 0 Å². The lowest BCUT2D eigenvalue weighted by atomic mass is 10.1. The summed E-state index contributed by atoms with van der Waals surface area (Å²) < 4.78 is 9.20. The lowest BCUT2D eigenvalue weighted by Crippen LogP contribution is -2.41. The van der Waals surface area contributed by atoms with Gasteiger partial charge in [0, 0.05) is 62.9 Å². The van der Waals surface area contributed by atoms with E-state index in [2.05, 4.69) is 44.1 Å². The maximum Gasteiger partial charge on any atom is 0.271 e. The minimum absolute atomic E-state index is 0.133. The van der Waals surface area contributed by atoms with Crippen LogP contribution in [0.2, 0.25) is 0 Å². The first-order valence-electron chi connectivity index (χ1n) is 9.29. The molecule has 1 amide bonds. The summed E-state index contributed by atoms with van der Waals surface area (Å²) in [4.78, 5) is 14.8. The van der Waals surface area contributed by atoms with Gasteiger partial charge in [-0.2, -0.15) is 5.10 Å². The van der Waals surface area contributed by atoms with Gasteiger partial charge in [0.05, 0.1) is 18.9 Å². The number of aromatic nitrogens is 3. The van der Waals surface area contributed by atoms with E-state index < -0.39 is 0 Å². The van der Waals surface area contributed by atoms with Gasteiger partial charge < -0.3 is 14.6 Å². The number of nitrogens with one attached hydrogen (secondary N) is 1. The first kappa shape index (κ1) is 17.8. The topological polar surface area (TPSA) is 64.3 Å². The maximum atomic E-state index is 12.5. The maximum absolute atomic E-state index is 12.5. The highest BCUT2D eigenvalue weighted by Gasteiger charge is 2.15. The number of fused-ring (bicyclic) bond motifs is 1. The molecule has 7 heteroatoms. The summed E-state index contributed by atoms with van der Waals surface area (Å²) in [6.45, 7) is 4.82. The lowest BCUT2D eigenvalue weighted by Gasteiger charge is -2.26. The van der Waals surface area contributed by atoms with Crippen molar-refractivity contribution in [2.75, 3.05) is 39.4 Å². The van der Waals surface area contributed by atoms with Crippen LogP contribution in [0.25, 0.3) is 22.2 Å². The molecular formula is C20H25N5O2. The number of ether oxygens (including phenoxy) is 1.